The fourth-order valence-electron chi connectivity index (χ4n) is 2.53. The van der Waals surface area contributed by atoms with Crippen LogP contribution >= 0.6 is 23.2 Å². The van der Waals surface area contributed by atoms with Gasteiger partial charge in [-0.25, -0.2) is 0 Å². The van der Waals surface area contributed by atoms with Crippen LogP contribution in [0.3, 0.4) is 0 Å². The average molecular weight is 331 g/mol. The summed E-state index contributed by atoms with van der Waals surface area (Å²) in [5.74, 6) is -0.117. The number of nitrogens with one attached hydrogen (secondary N) is 1. The van der Waals surface area contributed by atoms with Crippen molar-refractivity contribution < 1.29 is 9.72 Å². The van der Waals surface area contributed by atoms with Gasteiger partial charge >= 0.3 is 0 Å². The largest absolute Gasteiger partial charge is 0.352 e. The van der Waals surface area contributed by atoms with Gasteiger partial charge in [-0.3, -0.25) is 14.9 Å². The van der Waals surface area contributed by atoms with Gasteiger partial charge in [0.15, 0.2) is 0 Å². The minimum Gasteiger partial charge on any atom is -0.352 e. The molecule has 1 N–H and O–H groups in total. The Morgan fingerprint density at radius 1 is 1.33 bits per heavy atom. The Kier molecular flexibility index (Phi) is 5.42. The van der Waals surface area contributed by atoms with Crippen molar-refractivity contribution in [1.82, 2.24) is 5.32 Å². The molecule has 0 spiro atoms. The first-order valence-corrected chi connectivity index (χ1v) is 7.66. The molecule has 0 heterocycles. The topological polar surface area (TPSA) is 72.2 Å². The van der Waals surface area contributed by atoms with Gasteiger partial charge in [0.1, 0.15) is 0 Å². The third-order valence-electron chi connectivity index (χ3n) is 3.70. The second-order valence-electron chi connectivity index (χ2n) is 5.23. The summed E-state index contributed by atoms with van der Waals surface area (Å²) >= 11 is 12.0. The maximum Gasteiger partial charge on any atom is 0.271 e. The highest BCUT2D eigenvalue weighted by atomic mass is 35.5. The van der Waals surface area contributed by atoms with Gasteiger partial charge in [0.2, 0.25) is 0 Å². The third-order valence-corrected chi connectivity index (χ3v) is 4.49. The normalized spacial score (nSPS) is 21.8. The molecule has 7 heteroatoms. The van der Waals surface area contributed by atoms with Gasteiger partial charge < -0.3 is 5.32 Å². The first-order valence-electron chi connectivity index (χ1n) is 6.84. The molecular weight excluding hydrogens is 315 g/mol. The fraction of sp³-hybridized carbons (Fsp3) is 0.500. The van der Waals surface area contributed by atoms with Crippen LogP contribution in [0.2, 0.25) is 5.02 Å². The fourth-order valence-corrected chi connectivity index (χ4v) is 3.13. The smallest absolute Gasteiger partial charge is 0.271 e. The van der Waals surface area contributed by atoms with Crippen molar-refractivity contribution >= 4 is 34.8 Å². The van der Waals surface area contributed by atoms with Crippen LogP contribution in [-0.4, -0.2) is 22.8 Å². The monoisotopic (exact) mass is 330 g/mol. The van der Waals surface area contributed by atoms with Gasteiger partial charge in [-0.1, -0.05) is 24.4 Å². The maximum absolute atomic E-state index is 12.1. The summed E-state index contributed by atoms with van der Waals surface area (Å²) in [7, 11) is 0. The molecule has 0 radical (unpaired) electrons. The number of hydrogen-bond donors (Lipinski definition) is 1. The number of amides is 1. The van der Waals surface area contributed by atoms with E-state index >= 15 is 0 Å². The predicted octanol–water partition coefficient (Wildman–Crippen LogP) is 3.78. The highest BCUT2D eigenvalue weighted by Crippen LogP contribution is 2.28. The van der Waals surface area contributed by atoms with Crippen LogP contribution in [0.25, 0.3) is 0 Å². The van der Waals surface area contributed by atoms with Crippen LogP contribution in [-0.2, 0) is 0 Å². The Labute approximate surface area is 132 Å². The SMILES string of the molecule is O=C(NCC1CCCCC1Cl)c1cc(Cl)cc([N+](=O)[O-])c1. The number of benzene rings is 1. The molecule has 114 valence electrons. The Bertz CT molecular complexity index is 551. The lowest BCUT2D eigenvalue weighted by Crippen LogP contribution is -2.34. The minimum absolute atomic E-state index is 0.0766. The number of rotatable bonds is 4. The molecule has 1 aliphatic rings. The van der Waals surface area contributed by atoms with Crippen molar-refractivity contribution in [2.75, 3.05) is 6.54 Å². The molecule has 0 aliphatic heterocycles. The van der Waals surface area contributed by atoms with E-state index in [1.54, 1.807) is 0 Å². The quantitative estimate of drug-likeness (QED) is 0.518. The maximum atomic E-state index is 12.1. The highest BCUT2D eigenvalue weighted by molar-refractivity contribution is 6.31. The van der Waals surface area contributed by atoms with Crippen molar-refractivity contribution in [3.8, 4) is 0 Å². The predicted molar refractivity (Wildman–Crippen MR) is 82.0 cm³/mol. The molecule has 1 aromatic rings. The summed E-state index contributed by atoms with van der Waals surface area (Å²) in [5.41, 5.74) is -0.00309. The van der Waals surface area contributed by atoms with E-state index < -0.39 is 4.92 Å². The van der Waals surface area contributed by atoms with Gasteiger partial charge in [-0.05, 0) is 24.8 Å². The number of halogens is 2. The van der Waals surface area contributed by atoms with E-state index in [1.165, 1.54) is 18.2 Å². The van der Waals surface area contributed by atoms with Gasteiger partial charge in [0, 0.05) is 34.6 Å². The third kappa shape index (κ3) is 4.32. The summed E-state index contributed by atoms with van der Waals surface area (Å²) < 4.78 is 0. The summed E-state index contributed by atoms with van der Waals surface area (Å²) in [5, 5.41) is 13.8. The van der Waals surface area contributed by atoms with E-state index in [4.69, 9.17) is 23.2 Å². The summed E-state index contributed by atoms with van der Waals surface area (Å²) in [4.78, 5) is 22.3. The van der Waals surface area contributed by atoms with Gasteiger partial charge in [0.25, 0.3) is 11.6 Å². The van der Waals surface area contributed by atoms with E-state index in [1.807, 2.05) is 0 Å². The van der Waals surface area contributed by atoms with E-state index in [9.17, 15) is 14.9 Å². The zero-order valence-corrected chi connectivity index (χ0v) is 12.9. The molecule has 5 nitrogen and oxygen atoms in total. The molecule has 2 atom stereocenters. The summed E-state index contributed by atoms with van der Waals surface area (Å²) in [6.07, 6.45) is 4.19. The highest BCUT2D eigenvalue weighted by Gasteiger charge is 2.24. The molecule has 21 heavy (non-hydrogen) atoms. The standard InChI is InChI=1S/C14H16Cl2N2O3/c15-11-5-10(6-12(7-11)18(20)21)14(19)17-8-9-3-1-2-4-13(9)16/h5-7,9,13H,1-4,8H2,(H,17,19). The van der Waals surface area contributed by atoms with Crippen LogP contribution in [0.5, 0.6) is 0 Å². The number of hydrogen-bond acceptors (Lipinski definition) is 3. The molecular formula is C14H16Cl2N2O3. The molecule has 0 aromatic heterocycles. The van der Waals surface area contributed by atoms with Crippen molar-refractivity contribution in [3.05, 3.63) is 38.9 Å². The number of nitrogens with zero attached hydrogens (tertiary/aromatic N) is 1. The van der Waals surface area contributed by atoms with E-state index in [0.717, 1.165) is 25.7 Å². The van der Waals surface area contributed by atoms with Gasteiger partial charge in [-0.15, -0.1) is 11.6 Å². The molecule has 1 amide bonds. The lowest BCUT2D eigenvalue weighted by atomic mass is 9.88. The van der Waals surface area contributed by atoms with Crippen molar-refractivity contribution in [3.63, 3.8) is 0 Å². The number of nitro groups is 1. The second-order valence-corrected chi connectivity index (χ2v) is 6.22. The van der Waals surface area contributed by atoms with Crippen LogP contribution in [0.1, 0.15) is 36.0 Å². The molecule has 1 fully saturated rings. The average Bonchev–Trinajstić information content (AvgIpc) is 2.45. The summed E-state index contributed by atoms with van der Waals surface area (Å²) in [6.45, 7) is 0.479. The van der Waals surface area contributed by atoms with Crippen LogP contribution in [0.15, 0.2) is 18.2 Å². The lowest BCUT2D eigenvalue weighted by Gasteiger charge is -2.27. The molecule has 1 aromatic carbocycles. The second kappa shape index (κ2) is 7.09. The van der Waals surface area contributed by atoms with Crippen LogP contribution < -0.4 is 5.32 Å². The number of carbonyl (C=O) groups excluding carboxylic acids is 1. The zero-order chi connectivity index (χ0) is 15.4. The summed E-state index contributed by atoms with van der Waals surface area (Å²) in [6, 6.07) is 3.86. The van der Waals surface area contributed by atoms with Crippen molar-refractivity contribution in [1.29, 1.82) is 0 Å². The lowest BCUT2D eigenvalue weighted by molar-refractivity contribution is -0.384. The zero-order valence-electron chi connectivity index (χ0n) is 11.4. The number of alkyl halides is 1. The molecule has 0 saturated heterocycles. The van der Waals surface area contributed by atoms with Gasteiger partial charge in [-0.2, -0.15) is 0 Å². The molecule has 2 unspecified atom stereocenters. The van der Waals surface area contributed by atoms with Gasteiger partial charge in [0.05, 0.1) is 4.92 Å². The Balaban J connectivity index is 2.01. The van der Waals surface area contributed by atoms with Crippen molar-refractivity contribution in [2.24, 2.45) is 5.92 Å². The van der Waals surface area contributed by atoms with Crippen molar-refractivity contribution in [2.45, 2.75) is 31.1 Å². The number of non-ortho nitro benzene ring substituents is 1. The van der Waals surface area contributed by atoms with E-state index in [-0.39, 0.29) is 33.5 Å². The Hall–Kier alpha value is -1.33. The van der Waals surface area contributed by atoms with Crippen LogP contribution in [0.4, 0.5) is 5.69 Å². The molecule has 0 bridgehead atoms. The minimum atomic E-state index is -0.571. The number of nitro benzene ring substituents is 1. The van der Waals surface area contributed by atoms with E-state index in [2.05, 4.69) is 5.32 Å². The molecule has 1 saturated carbocycles. The first kappa shape index (κ1) is 16.0. The Morgan fingerprint density at radius 3 is 2.71 bits per heavy atom. The Morgan fingerprint density at radius 2 is 2.05 bits per heavy atom. The van der Waals surface area contributed by atoms with Crippen LogP contribution in [0, 0.1) is 16.0 Å². The van der Waals surface area contributed by atoms with E-state index in [0.29, 0.717) is 6.54 Å². The molecule has 2 rings (SSSR count). The number of carbonyl (C=O) groups is 1. The molecule has 1 aliphatic carbocycles. The first-order chi connectivity index (χ1) is 9.97.